The Bertz CT molecular complexity index is 851. The van der Waals surface area contributed by atoms with Crippen LogP contribution in [-0.2, 0) is 9.59 Å². The third-order valence-corrected chi connectivity index (χ3v) is 4.46. The molecule has 1 atom stereocenters. The number of halogens is 1. The van der Waals surface area contributed by atoms with Crippen LogP contribution in [0.1, 0.15) is 18.1 Å². The molecule has 0 saturated heterocycles. The summed E-state index contributed by atoms with van der Waals surface area (Å²) in [5, 5.41) is 3.31. The molecule has 2 amide bonds. The Morgan fingerprint density at radius 2 is 1.96 bits per heavy atom. The molecule has 1 N–H and O–H groups in total. The molecule has 3 rings (SSSR count). The molecule has 6 heteroatoms. The van der Waals surface area contributed by atoms with E-state index in [0.29, 0.717) is 22.1 Å². The molecule has 0 aliphatic carbocycles. The van der Waals surface area contributed by atoms with Gasteiger partial charge >= 0.3 is 0 Å². The molecule has 1 aliphatic heterocycles. The summed E-state index contributed by atoms with van der Waals surface area (Å²) in [5.41, 5.74) is 3.45. The molecule has 130 valence electrons. The van der Waals surface area contributed by atoms with Crippen molar-refractivity contribution >= 4 is 34.8 Å². The molecule has 0 spiro atoms. The van der Waals surface area contributed by atoms with Crippen molar-refractivity contribution in [2.75, 3.05) is 16.8 Å². The number of anilines is 2. The van der Waals surface area contributed by atoms with Gasteiger partial charge in [0.1, 0.15) is 12.3 Å². The van der Waals surface area contributed by atoms with E-state index < -0.39 is 6.10 Å². The van der Waals surface area contributed by atoms with Gasteiger partial charge in [0.25, 0.3) is 5.91 Å². The molecule has 1 unspecified atom stereocenters. The summed E-state index contributed by atoms with van der Waals surface area (Å²) < 4.78 is 5.58. The molecule has 0 fully saturated rings. The number of benzene rings is 2. The number of hydrogen-bond donors (Lipinski definition) is 1. The molecule has 0 saturated carbocycles. The molecule has 2 aromatic rings. The quantitative estimate of drug-likeness (QED) is 0.909. The van der Waals surface area contributed by atoms with Gasteiger partial charge < -0.3 is 10.1 Å². The Morgan fingerprint density at radius 1 is 1.20 bits per heavy atom. The number of fused-ring (bicyclic) bond motifs is 1. The number of carbonyl (C=O) groups is 2. The van der Waals surface area contributed by atoms with Gasteiger partial charge in [0.15, 0.2) is 6.10 Å². The van der Waals surface area contributed by atoms with Crippen LogP contribution in [-0.4, -0.2) is 24.5 Å². The van der Waals surface area contributed by atoms with Crippen molar-refractivity contribution < 1.29 is 14.3 Å². The standard InChI is InChI=1S/C19H19ClN2O3/c1-11-4-6-15(8-12(11)2)21-18(23)10-22-16-9-14(20)5-7-17(16)25-13(3)19(22)24/h4-9,13H,10H2,1-3H3,(H,21,23). The number of nitrogens with one attached hydrogen (secondary N) is 1. The van der Waals surface area contributed by atoms with Crippen LogP contribution in [0.15, 0.2) is 36.4 Å². The topological polar surface area (TPSA) is 58.6 Å². The molecular formula is C19H19ClN2O3. The van der Waals surface area contributed by atoms with Crippen molar-refractivity contribution in [3.63, 3.8) is 0 Å². The van der Waals surface area contributed by atoms with Gasteiger partial charge in [0, 0.05) is 10.7 Å². The molecule has 5 nitrogen and oxygen atoms in total. The zero-order valence-electron chi connectivity index (χ0n) is 14.3. The van der Waals surface area contributed by atoms with Crippen LogP contribution in [0.4, 0.5) is 11.4 Å². The summed E-state index contributed by atoms with van der Waals surface area (Å²) in [6.45, 7) is 5.55. The lowest BCUT2D eigenvalue weighted by molar-refractivity contribution is -0.127. The Morgan fingerprint density at radius 3 is 2.68 bits per heavy atom. The Labute approximate surface area is 151 Å². The summed E-state index contributed by atoms with van der Waals surface area (Å²) in [5.74, 6) is -0.0166. The summed E-state index contributed by atoms with van der Waals surface area (Å²) >= 11 is 6.03. The maximum absolute atomic E-state index is 12.5. The first-order valence-corrected chi connectivity index (χ1v) is 8.37. The van der Waals surface area contributed by atoms with Gasteiger partial charge in [-0.25, -0.2) is 0 Å². The van der Waals surface area contributed by atoms with E-state index in [4.69, 9.17) is 16.3 Å². The highest BCUT2D eigenvalue weighted by atomic mass is 35.5. The van der Waals surface area contributed by atoms with Crippen LogP contribution in [0.25, 0.3) is 0 Å². The molecule has 0 radical (unpaired) electrons. The third-order valence-electron chi connectivity index (χ3n) is 4.22. The van der Waals surface area contributed by atoms with Gasteiger partial charge in [-0.05, 0) is 62.2 Å². The van der Waals surface area contributed by atoms with E-state index in [2.05, 4.69) is 5.32 Å². The fourth-order valence-electron chi connectivity index (χ4n) is 2.71. The summed E-state index contributed by atoms with van der Waals surface area (Å²) in [6.07, 6.45) is -0.650. The average molecular weight is 359 g/mol. The molecule has 2 aromatic carbocycles. The SMILES string of the molecule is Cc1ccc(NC(=O)CN2C(=O)C(C)Oc3ccc(Cl)cc32)cc1C. The van der Waals surface area contributed by atoms with E-state index >= 15 is 0 Å². The van der Waals surface area contributed by atoms with Crippen LogP contribution in [0.5, 0.6) is 5.75 Å². The van der Waals surface area contributed by atoms with Crippen molar-refractivity contribution in [2.24, 2.45) is 0 Å². The lowest BCUT2D eigenvalue weighted by Gasteiger charge is -2.32. The summed E-state index contributed by atoms with van der Waals surface area (Å²) in [4.78, 5) is 26.3. The monoisotopic (exact) mass is 358 g/mol. The molecule has 1 aliphatic rings. The van der Waals surface area contributed by atoms with Gasteiger partial charge in [-0.1, -0.05) is 17.7 Å². The number of amides is 2. The van der Waals surface area contributed by atoms with Crippen molar-refractivity contribution in [3.05, 3.63) is 52.5 Å². The predicted octanol–water partition coefficient (Wildman–Crippen LogP) is 3.71. The van der Waals surface area contributed by atoms with Gasteiger partial charge in [-0.15, -0.1) is 0 Å². The number of carbonyl (C=O) groups excluding carboxylic acids is 2. The molecule has 25 heavy (non-hydrogen) atoms. The highest BCUT2D eigenvalue weighted by molar-refractivity contribution is 6.31. The van der Waals surface area contributed by atoms with Gasteiger partial charge in [0.05, 0.1) is 5.69 Å². The van der Waals surface area contributed by atoms with Crippen LogP contribution in [0.2, 0.25) is 5.02 Å². The minimum Gasteiger partial charge on any atom is -0.479 e. The normalized spacial score (nSPS) is 16.2. The number of hydrogen-bond acceptors (Lipinski definition) is 3. The van der Waals surface area contributed by atoms with Crippen molar-refractivity contribution in [1.82, 2.24) is 0 Å². The Kier molecular flexibility index (Phi) is 4.68. The van der Waals surface area contributed by atoms with Crippen molar-refractivity contribution in [1.29, 1.82) is 0 Å². The fourth-order valence-corrected chi connectivity index (χ4v) is 2.87. The van der Waals surface area contributed by atoms with Gasteiger partial charge in [-0.2, -0.15) is 0 Å². The van der Waals surface area contributed by atoms with Crippen molar-refractivity contribution in [3.8, 4) is 5.75 Å². The van der Waals surface area contributed by atoms with Crippen LogP contribution in [0.3, 0.4) is 0 Å². The minimum absolute atomic E-state index is 0.104. The maximum atomic E-state index is 12.5. The number of rotatable bonds is 3. The van der Waals surface area contributed by atoms with Gasteiger partial charge in [0.2, 0.25) is 5.91 Å². The third kappa shape index (κ3) is 3.61. The van der Waals surface area contributed by atoms with E-state index in [-0.39, 0.29) is 18.4 Å². The minimum atomic E-state index is -0.650. The van der Waals surface area contributed by atoms with E-state index in [0.717, 1.165) is 11.1 Å². The summed E-state index contributed by atoms with van der Waals surface area (Å²) in [6, 6.07) is 10.7. The lowest BCUT2D eigenvalue weighted by Crippen LogP contribution is -2.47. The Hall–Kier alpha value is -2.53. The summed E-state index contributed by atoms with van der Waals surface area (Å²) in [7, 11) is 0. The zero-order chi connectivity index (χ0) is 18.1. The lowest BCUT2D eigenvalue weighted by atomic mass is 10.1. The largest absolute Gasteiger partial charge is 0.479 e. The van der Waals surface area contributed by atoms with Gasteiger partial charge in [-0.3, -0.25) is 14.5 Å². The number of ether oxygens (including phenoxy) is 1. The van der Waals surface area contributed by atoms with E-state index in [9.17, 15) is 9.59 Å². The predicted molar refractivity (Wildman–Crippen MR) is 98.4 cm³/mol. The van der Waals surface area contributed by atoms with E-state index in [1.165, 1.54) is 4.90 Å². The molecule has 0 aromatic heterocycles. The van der Waals surface area contributed by atoms with Crippen LogP contribution in [0, 0.1) is 13.8 Å². The number of nitrogens with zero attached hydrogens (tertiary/aromatic N) is 1. The van der Waals surface area contributed by atoms with E-state index in [1.54, 1.807) is 25.1 Å². The Balaban J connectivity index is 1.81. The second-order valence-corrected chi connectivity index (χ2v) is 6.58. The van der Waals surface area contributed by atoms with Crippen molar-refractivity contribution in [2.45, 2.75) is 26.9 Å². The first-order chi connectivity index (χ1) is 11.8. The first-order valence-electron chi connectivity index (χ1n) is 8.00. The average Bonchev–Trinajstić information content (AvgIpc) is 2.56. The second-order valence-electron chi connectivity index (χ2n) is 6.14. The molecule has 0 bridgehead atoms. The second kappa shape index (κ2) is 6.76. The zero-order valence-corrected chi connectivity index (χ0v) is 15.1. The highest BCUT2D eigenvalue weighted by Gasteiger charge is 2.32. The molecule has 1 heterocycles. The van der Waals surface area contributed by atoms with Crippen LogP contribution >= 0.6 is 11.6 Å². The smallest absolute Gasteiger partial charge is 0.268 e. The van der Waals surface area contributed by atoms with Crippen LogP contribution < -0.4 is 15.0 Å². The molecular weight excluding hydrogens is 340 g/mol. The number of aryl methyl sites for hydroxylation is 2. The van der Waals surface area contributed by atoms with E-state index in [1.807, 2.05) is 32.0 Å². The fraction of sp³-hybridized carbons (Fsp3) is 0.263. The maximum Gasteiger partial charge on any atom is 0.268 e. The first kappa shape index (κ1) is 17.3. The highest BCUT2D eigenvalue weighted by Crippen LogP contribution is 2.36.